The molecule has 1 fully saturated rings. The molecular formula is C17H25ClN4O3. The van der Waals surface area contributed by atoms with Gasteiger partial charge in [-0.15, -0.1) is 0 Å². The zero-order valence-corrected chi connectivity index (χ0v) is 15.4. The molecule has 1 aromatic rings. The van der Waals surface area contributed by atoms with Gasteiger partial charge in [-0.1, -0.05) is 11.6 Å². The van der Waals surface area contributed by atoms with Crippen molar-refractivity contribution in [2.24, 2.45) is 5.92 Å². The Labute approximate surface area is 153 Å². The smallest absolute Gasteiger partial charge is 0.319 e. The van der Waals surface area contributed by atoms with Crippen LogP contribution in [0.1, 0.15) is 16.8 Å². The standard InChI is InChI=1S/C17H25ClN4O3/c1-19-16(23)14-9-13(3-4-15(14)18)21-17(24)20-10-12-5-6-22(11-12)7-8-25-2/h3-4,9,12H,5-8,10-11H2,1-2H3,(H,19,23)(H2,20,21,24)/t12-/m1/s1. The number of ether oxygens (including phenoxy) is 1. The van der Waals surface area contributed by atoms with Crippen LogP contribution in [0.5, 0.6) is 0 Å². The Morgan fingerprint density at radius 2 is 2.20 bits per heavy atom. The van der Waals surface area contributed by atoms with E-state index in [1.54, 1.807) is 25.3 Å². The molecule has 0 aromatic heterocycles. The maximum Gasteiger partial charge on any atom is 0.319 e. The van der Waals surface area contributed by atoms with Crippen LogP contribution in [0.3, 0.4) is 0 Å². The Morgan fingerprint density at radius 3 is 2.92 bits per heavy atom. The summed E-state index contributed by atoms with van der Waals surface area (Å²) in [5, 5.41) is 8.48. The van der Waals surface area contributed by atoms with E-state index in [1.807, 2.05) is 0 Å². The average Bonchev–Trinajstić information content (AvgIpc) is 3.07. The van der Waals surface area contributed by atoms with Crippen LogP contribution < -0.4 is 16.0 Å². The first kappa shape index (κ1) is 19.5. The van der Waals surface area contributed by atoms with E-state index in [9.17, 15) is 9.59 Å². The molecule has 1 aromatic carbocycles. The number of nitrogens with one attached hydrogen (secondary N) is 3. The van der Waals surface area contributed by atoms with Gasteiger partial charge in [0.25, 0.3) is 5.91 Å². The van der Waals surface area contributed by atoms with Crippen LogP contribution in [0.25, 0.3) is 0 Å². The molecule has 25 heavy (non-hydrogen) atoms. The molecule has 1 aliphatic heterocycles. The van der Waals surface area contributed by atoms with Crippen molar-refractivity contribution in [2.75, 3.05) is 52.3 Å². The minimum Gasteiger partial charge on any atom is -0.383 e. The number of carbonyl (C=O) groups excluding carboxylic acids is 2. The quantitative estimate of drug-likeness (QED) is 0.685. The molecule has 0 spiro atoms. The van der Waals surface area contributed by atoms with Crippen LogP contribution in [0.15, 0.2) is 18.2 Å². The lowest BCUT2D eigenvalue weighted by Gasteiger charge is -2.16. The predicted molar refractivity (Wildman–Crippen MR) is 98.3 cm³/mol. The van der Waals surface area contributed by atoms with Gasteiger partial charge in [0.2, 0.25) is 0 Å². The predicted octanol–water partition coefficient (Wildman–Crippen LogP) is 1.79. The molecule has 1 saturated heterocycles. The average molecular weight is 369 g/mol. The van der Waals surface area contributed by atoms with Crippen molar-refractivity contribution >= 4 is 29.2 Å². The van der Waals surface area contributed by atoms with E-state index in [4.69, 9.17) is 16.3 Å². The summed E-state index contributed by atoms with van der Waals surface area (Å²) in [7, 11) is 3.23. The van der Waals surface area contributed by atoms with Gasteiger partial charge in [-0.2, -0.15) is 0 Å². The van der Waals surface area contributed by atoms with E-state index in [0.717, 1.165) is 32.7 Å². The van der Waals surface area contributed by atoms with Crippen molar-refractivity contribution in [3.63, 3.8) is 0 Å². The topological polar surface area (TPSA) is 82.7 Å². The highest BCUT2D eigenvalue weighted by Crippen LogP contribution is 2.20. The van der Waals surface area contributed by atoms with Gasteiger partial charge in [-0.05, 0) is 37.1 Å². The first-order chi connectivity index (χ1) is 12.0. The molecule has 1 atom stereocenters. The van der Waals surface area contributed by atoms with Crippen LogP contribution in [0.4, 0.5) is 10.5 Å². The van der Waals surface area contributed by atoms with Crippen LogP contribution in [0.2, 0.25) is 5.02 Å². The zero-order chi connectivity index (χ0) is 18.2. The lowest BCUT2D eigenvalue weighted by Crippen LogP contribution is -2.34. The van der Waals surface area contributed by atoms with E-state index >= 15 is 0 Å². The second-order valence-electron chi connectivity index (χ2n) is 6.06. The molecule has 0 aliphatic carbocycles. The highest BCUT2D eigenvalue weighted by molar-refractivity contribution is 6.34. The molecule has 1 heterocycles. The number of urea groups is 1. The lowest BCUT2D eigenvalue weighted by atomic mass is 10.1. The number of methoxy groups -OCH3 is 1. The van der Waals surface area contributed by atoms with Gasteiger partial charge in [0, 0.05) is 39.5 Å². The van der Waals surface area contributed by atoms with Crippen molar-refractivity contribution in [1.29, 1.82) is 0 Å². The van der Waals surface area contributed by atoms with Crippen molar-refractivity contribution in [1.82, 2.24) is 15.5 Å². The zero-order valence-electron chi connectivity index (χ0n) is 14.6. The number of anilines is 1. The molecule has 0 bridgehead atoms. The molecule has 3 amide bonds. The Bertz CT molecular complexity index is 612. The monoisotopic (exact) mass is 368 g/mol. The number of likely N-dealkylation sites (tertiary alicyclic amines) is 1. The molecule has 138 valence electrons. The SMILES string of the molecule is CNC(=O)c1cc(NC(=O)NC[C@H]2CCN(CCOC)C2)ccc1Cl. The Hall–Kier alpha value is -1.83. The van der Waals surface area contributed by atoms with Crippen LogP contribution >= 0.6 is 11.6 Å². The van der Waals surface area contributed by atoms with Gasteiger partial charge in [0.1, 0.15) is 0 Å². The fourth-order valence-corrected chi connectivity index (χ4v) is 3.03. The number of hydrogen-bond acceptors (Lipinski definition) is 4. The van der Waals surface area contributed by atoms with Crippen molar-refractivity contribution in [3.8, 4) is 0 Å². The Balaban J connectivity index is 1.80. The molecule has 0 unspecified atom stereocenters. The fraction of sp³-hybridized carbons (Fsp3) is 0.529. The summed E-state index contributed by atoms with van der Waals surface area (Å²) in [5.74, 6) is 0.144. The maximum absolute atomic E-state index is 12.1. The minimum atomic E-state index is -0.295. The molecular weight excluding hydrogens is 344 g/mol. The first-order valence-electron chi connectivity index (χ1n) is 8.31. The van der Waals surface area contributed by atoms with Gasteiger partial charge in [-0.3, -0.25) is 4.79 Å². The van der Waals surface area contributed by atoms with E-state index < -0.39 is 0 Å². The van der Waals surface area contributed by atoms with E-state index in [0.29, 0.717) is 28.7 Å². The van der Waals surface area contributed by atoms with Crippen LogP contribution in [-0.4, -0.2) is 63.8 Å². The summed E-state index contributed by atoms with van der Waals surface area (Å²) in [6, 6.07) is 4.52. The molecule has 8 heteroatoms. The third-order valence-electron chi connectivity index (χ3n) is 4.23. The third kappa shape index (κ3) is 5.88. The molecule has 3 N–H and O–H groups in total. The van der Waals surface area contributed by atoms with E-state index in [2.05, 4.69) is 20.9 Å². The summed E-state index contributed by atoms with van der Waals surface area (Å²) < 4.78 is 5.09. The van der Waals surface area contributed by atoms with Gasteiger partial charge < -0.3 is 25.6 Å². The number of halogens is 1. The number of carbonyl (C=O) groups is 2. The van der Waals surface area contributed by atoms with Crippen LogP contribution in [0, 0.1) is 5.92 Å². The summed E-state index contributed by atoms with van der Waals surface area (Å²) in [6.45, 7) is 4.26. The minimum absolute atomic E-state index is 0.291. The van der Waals surface area contributed by atoms with Crippen molar-refractivity contribution < 1.29 is 14.3 Å². The van der Waals surface area contributed by atoms with Gasteiger partial charge in [0.15, 0.2) is 0 Å². The number of benzene rings is 1. The number of rotatable bonds is 7. The molecule has 7 nitrogen and oxygen atoms in total. The summed E-state index contributed by atoms with van der Waals surface area (Å²) in [6.07, 6.45) is 1.06. The summed E-state index contributed by atoms with van der Waals surface area (Å²) in [4.78, 5) is 26.1. The molecule has 0 saturated carbocycles. The largest absolute Gasteiger partial charge is 0.383 e. The highest BCUT2D eigenvalue weighted by Gasteiger charge is 2.22. The summed E-state index contributed by atoms with van der Waals surface area (Å²) >= 11 is 6.00. The van der Waals surface area contributed by atoms with E-state index in [1.165, 1.54) is 7.05 Å². The first-order valence-corrected chi connectivity index (χ1v) is 8.69. The maximum atomic E-state index is 12.1. The normalized spacial score (nSPS) is 17.3. The molecule has 2 rings (SSSR count). The summed E-state index contributed by atoms with van der Waals surface area (Å²) in [5.41, 5.74) is 0.847. The highest BCUT2D eigenvalue weighted by atomic mass is 35.5. The van der Waals surface area contributed by atoms with Gasteiger partial charge in [-0.25, -0.2) is 4.79 Å². The Morgan fingerprint density at radius 1 is 1.40 bits per heavy atom. The molecule has 0 radical (unpaired) electrons. The fourth-order valence-electron chi connectivity index (χ4n) is 2.83. The number of hydrogen-bond donors (Lipinski definition) is 3. The third-order valence-corrected chi connectivity index (χ3v) is 4.56. The van der Waals surface area contributed by atoms with Crippen LogP contribution in [-0.2, 0) is 4.74 Å². The van der Waals surface area contributed by atoms with Crippen molar-refractivity contribution in [3.05, 3.63) is 28.8 Å². The Kier molecular flexibility index (Phi) is 7.49. The number of nitrogens with zero attached hydrogens (tertiary/aromatic N) is 1. The second-order valence-corrected chi connectivity index (χ2v) is 6.46. The van der Waals surface area contributed by atoms with Crippen molar-refractivity contribution in [2.45, 2.75) is 6.42 Å². The molecule has 1 aliphatic rings. The number of amides is 3. The van der Waals surface area contributed by atoms with Gasteiger partial charge in [0.05, 0.1) is 17.2 Å². The van der Waals surface area contributed by atoms with E-state index in [-0.39, 0.29) is 11.9 Å². The second kappa shape index (κ2) is 9.60. The lowest BCUT2D eigenvalue weighted by molar-refractivity contribution is 0.0963. The van der Waals surface area contributed by atoms with Gasteiger partial charge >= 0.3 is 6.03 Å².